The van der Waals surface area contributed by atoms with Crippen LogP contribution in [0.3, 0.4) is 0 Å². The molecule has 0 aliphatic carbocycles. The summed E-state index contributed by atoms with van der Waals surface area (Å²) in [6.07, 6.45) is 3.42. The van der Waals surface area contributed by atoms with Crippen LogP contribution in [0.1, 0.15) is 50.9 Å². The Labute approximate surface area is 131 Å². The molecule has 120 valence electrons. The summed E-state index contributed by atoms with van der Waals surface area (Å²) in [6, 6.07) is 0.0833. The standard InChI is InChI=1S/C15H27N3O2S/c1-6-13-17-10-12(21-13)9-16-8-7-11(2)18-14(19)20-15(3,4)5/h10-11,16H,6-9H2,1-5H3,(H,18,19). The smallest absolute Gasteiger partial charge is 0.407 e. The van der Waals surface area contributed by atoms with Crippen molar-refractivity contribution in [1.29, 1.82) is 0 Å². The first-order valence-electron chi connectivity index (χ1n) is 7.44. The molecular weight excluding hydrogens is 286 g/mol. The van der Waals surface area contributed by atoms with E-state index in [0.29, 0.717) is 0 Å². The lowest BCUT2D eigenvalue weighted by molar-refractivity contribution is 0.0506. The van der Waals surface area contributed by atoms with Crippen LogP contribution >= 0.6 is 11.3 Å². The Kier molecular flexibility index (Phi) is 7.11. The van der Waals surface area contributed by atoms with Crippen molar-refractivity contribution in [2.24, 2.45) is 0 Å². The third kappa shape index (κ3) is 8.02. The number of amides is 1. The number of ether oxygens (including phenoxy) is 1. The molecule has 21 heavy (non-hydrogen) atoms. The predicted octanol–water partition coefficient (Wildman–Crippen LogP) is 3.10. The van der Waals surface area contributed by atoms with Crippen molar-refractivity contribution in [3.05, 3.63) is 16.1 Å². The van der Waals surface area contributed by atoms with Crippen LogP contribution in [-0.2, 0) is 17.7 Å². The zero-order valence-electron chi connectivity index (χ0n) is 13.7. The van der Waals surface area contributed by atoms with Gasteiger partial charge in [-0.1, -0.05) is 6.92 Å². The van der Waals surface area contributed by atoms with Crippen LogP contribution in [0.25, 0.3) is 0 Å². The zero-order valence-corrected chi connectivity index (χ0v) is 14.5. The minimum Gasteiger partial charge on any atom is -0.444 e. The van der Waals surface area contributed by atoms with Gasteiger partial charge in [0.25, 0.3) is 0 Å². The van der Waals surface area contributed by atoms with Gasteiger partial charge < -0.3 is 15.4 Å². The number of aryl methyl sites for hydroxylation is 1. The summed E-state index contributed by atoms with van der Waals surface area (Å²) in [6.45, 7) is 11.3. The van der Waals surface area contributed by atoms with Crippen LogP contribution in [0, 0.1) is 0 Å². The second kappa shape index (κ2) is 8.34. The number of rotatable bonds is 7. The Morgan fingerprint density at radius 3 is 2.76 bits per heavy atom. The van der Waals surface area contributed by atoms with Crippen LogP contribution in [0.2, 0.25) is 0 Å². The van der Waals surface area contributed by atoms with Gasteiger partial charge in [-0.3, -0.25) is 0 Å². The number of nitrogens with one attached hydrogen (secondary N) is 2. The van der Waals surface area contributed by atoms with Crippen molar-refractivity contribution in [1.82, 2.24) is 15.6 Å². The quantitative estimate of drug-likeness (QED) is 0.759. The highest BCUT2D eigenvalue weighted by atomic mass is 32.1. The van der Waals surface area contributed by atoms with Gasteiger partial charge in [0.1, 0.15) is 5.60 Å². The molecule has 1 aromatic heterocycles. The minimum absolute atomic E-state index is 0.0833. The van der Waals surface area contributed by atoms with Crippen molar-refractivity contribution < 1.29 is 9.53 Å². The van der Waals surface area contributed by atoms with Gasteiger partial charge in [0.15, 0.2) is 0 Å². The number of nitrogens with zero attached hydrogens (tertiary/aromatic N) is 1. The molecular formula is C15H27N3O2S. The van der Waals surface area contributed by atoms with Gasteiger partial charge in [0, 0.05) is 23.7 Å². The monoisotopic (exact) mass is 313 g/mol. The molecule has 0 bridgehead atoms. The zero-order chi connectivity index (χ0) is 15.9. The summed E-state index contributed by atoms with van der Waals surface area (Å²) in [5, 5.41) is 7.38. The molecule has 0 aromatic carbocycles. The average molecular weight is 313 g/mol. The summed E-state index contributed by atoms with van der Waals surface area (Å²) in [5.74, 6) is 0. The molecule has 1 unspecified atom stereocenters. The van der Waals surface area contributed by atoms with E-state index in [1.54, 1.807) is 11.3 Å². The van der Waals surface area contributed by atoms with Crippen molar-refractivity contribution in [3.63, 3.8) is 0 Å². The molecule has 2 N–H and O–H groups in total. The van der Waals surface area contributed by atoms with Crippen molar-refractivity contribution in [3.8, 4) is 0 Å². The van der Waals surface area contributed by atoms with Crippen molar-refractivity contribution in [2.75, 3.05) is 6.54 Å². The van der Waals surface area contributed by atoms with E-state index in [1.165, 1.54) is 9.88 Å². The van der Waals surface area contributed by atoms with Crippen LogP contribution in [0.5, 0.6) is 0 Å². The van der Waals surface area contributed by atoms with E-state index in [-0.39, 0.29) is 12.1 Å². The van der Waals surface area contributed by atoms with Gasteiger partial charge in [-0.2, -0.15) is 0 Å². The summed E-state index contributed by atoms with van der Waals surface area (Å²) in [5.41, 5.74) is -0.453. The van der Waals surface area contributed by atoms with E-state index in [1.807, 2.05) is 33.9 Å². The second-order valence-corrected chi connectivity index (χ2v) is 7.29. The summed E-state index contributed by atoms with van der Waals surface area (Å²) in [7, 11) is 0. The number of hydrogen-bond acceptors (Lipinski definition) is 5. The van der Waals surface area contributed by atoms with Crippen molar-refractivity contribution in [2.45, 2.75) is 65.6 Å². The number of thiazole rings is 1. The Morgan fingerprint density at radius 1 is 1.48 bits per heavy atom. The number of carbonyl (C=O) groups excluding carboxylic acids is 1. The highest BCUT2D eigenvalue weighted by Gasteiger charge is 2.17. The second-order valence-electron chi connectivity index (χ2n) is 6.09. The SMILES string of the molecule is CCc1ncc(CNCCC(C)NC(=O)OC(C)(C)C)s1. The van der Waals surface area contributed by atoms with Gasteiger partial charge in [-0.25, -0.2) is 9.78 Å². The lowest BCUT2D eigenvalue weighted by atomic mass is 10.2. The topological polar surface area (TPSA) is 63.2 Å². The molecule has 0 saturated heterocycles. The third-order valence-corrected chi connectivity index (χ3v) is 3.86. The molecule has 1 atom stereocenters. The predicted molar refractivity (Wildman–Crippen MR) is 86.6 cm³/mol. The van der Waals surface area contributed by atoms with Crippen LogP contribution < -0.4 is 10.6 Å². The Morgan fingerprint density at radius 2 is 2.19 bits per heavy atom. The van der Waals surface area contributed by atoms with Crippen LogP contribution in [0.15, 0.2) is 6.20 Å². The van der Waals surface area contributed by atoms with Gasteiger partial charge in [0.2, 0.25) is 0 Å². The molecule has 0 saturated carbocycles. The van der Waals surface area contributed by atoms with Crippen molar-refractivity contribution >= 4 is 17.4 Å². The number of aromatic nitrogens is 1. The minimum atomic E-state index is -0.453. The molecule has 0 fully saturated rings. The van der Waals surface area contributed by atoms with E-state index in [0.717, 1.165) is 25.9 Å². The van der Waals surface area contributed by atoms with E-state index < -0.39 is 5.60 Å². The fourth-order valence-electron chi connectivity index (χ4n) is 1.70. The maximum Gasteiger partial charge on any atom is 0.407 e. The van der Waals surface area contributed by atoms with Gasteiger partial charge in [0.05, 0.1) is 5.01 Å². The van der Waals surface area contributed by atoms with Crippen LogP contribution in [0.4, 0.5) is 4.79 Å². The number of alkyl carbamates (subject to hydrolysis) is 1. The first-order chi connectivity index (χ1) is 9.80. The van der Waals surface area contributed by atoms with E-state index >= 15 is 0 Å². The molecule has 0 aliphatic heterocycles. The Balaban J connectivity index is 2.15. The molecule has 0 radical (unpaired) electrons. The molecule has 5 nitrogen and oxygen atoms in total. The molecule has 1 rings (SSSR count). The fourth-order valence-corrected chi connectivity index (χ4v) is 2.54. The highest BCUT2D eigenvalue weighted by Crippen LogP contribution is 2.12. The normalized spacial score (nSPS) is 13.0. The largest absolute Gasteiger partial charge is 0.444 e. The molecule has 1 amide bonds. The summed E-state index contributed by atoms with van der Waals surface area (Å²) < 4.78 is 5.22. The average Bonchev–Trinajstić information content (AvgIpc) is 2.80. The lowest BCUT2D eigenvalue weighted by Gasteiger charge is -2.22. The first kappa shape index (κ1) is 17.9. The summed E-state index contributed by atoms with van der Waals surface area (Å²) >= 11 is 1.75. The number of carbonyl (C=O) groups is 1. The van der Waals surface area contributed by atoms with Gasteiger partial charge in [-0.05, 0) is 47.1 Å². The molecule has 1 heterocycles. The number of hydrogen-bond donors (Lipinski definition) is 2. The lowest BCUT2D eigenvalue weighted by Crippen LogP contribution is -2.38. The molecule has 6 heteroatoms. The fraction of sp³-hybridized carbons (Fsp3) is 0.733. The van der Waals surface area contributed by atoms with Gasteiger partial charge in [-0.15, -0.1) is 11.3 Å². The Bertz CT molecular complexity index is 440. The third-order valence-electron chi connectivity index (χ3n) is 2.72. The maximum atomic E-state index is 11.6. The van der Waals surface area contributed by atoms with E-state index in [4.69, 9.17) is 4.74 Å². The van der Waals surface area contributed by atoms with E-state index in [9.17, 15) is 4.79 Å². The maximum absolute atomic E-state index is 11.6. The van der Waals surface area contributed by atoms with E-state index in [2.05, 4.69) is 22.5 Å². The highest BCUT2D eigenvalue weighted by molar-refractivity contribution is 7.11. The first-order valence-corrected chi connectivity index (χ1v) is 8.25. The van der Waals surface area contributed by atoms with Gasteiger partial charge >= 0.3 is 6.09 Å². The van der Waals surface area contributed by atoms with Crippen LogP contribution in [-0.4, -0.2) is 29.3 Å². The molecule has 0 spiro atoms. The molecule has 1 aromatic rings. The summed E-state index contributed by atoms with van der Waals surface area (Å²) in [4.78, 5) is 17.2. The molecule has 0 aliphatic rings. The Hall–Kier alpha value is -1.14.